The Hall–Kier alpha value is -3.28. The van der Waals surface area contributed by atoms with Crippen molar-refractivity contribution in [3.8, 4) is 28.7 Å². The second-order valence-electron chi connectivity index (χ2n) is 6.22. The SMILES string of the molecule is Cn1ncc(-c2nc(-c3ccc(S(N)(=O)=O)cc3)no2)c1COc1ccc(Cl)cn1. The first-order chi connectivity index (χ1) is 14.3. The number of aryl methyl sites for hydroxylation is 1. The van der Waals surface area contributed by atoms with Crippen molar-refractivity contribution < 1.29 is 17.7 Å². The Morgan fingerprint density at radius 3 is 2.60 bits per heavy atom. The lowest BCUT2D eigenvalue weighted by Gasteiger charge is -2.06. The van der Waals surface area contributed by atoms with Crippen molar-refractivity contribution in [3.05, 3.63) is 59.5 Å². The zero-order valence-corrected chi connectivity index (χ0v) is 17.1. The van der Waals surface area contributed by atoms with E-state index in [2.05, 4.69) is 20.2 Å². The van der Waals surface area contributed by atoms with E-state index in [9.17, 15) is 8.42 Å². The highest BCUT2D eigenvalue weighted by Crippen LogP contribution is 2.26. The third kappa shape index (κ3) is 4.17. The van der Waals surface area contributed by atoms with Crippen molar-refractivity contribution in [2.45, 2.75) is 11.5 Å². The van der Waals surface area contributed by atoms with Crippen molar-refractivity contribution in [3.63, 3.8) is 0 Å². The lowest BCUT2D eigenvalue weighted by atomic mass is 10.2. The average molecular weight is 447 g/mol. The molecule has 3 heterocycles. The van der Waals surface area contributed by atoms with Crippen LogP contribution in [-0.2, 0) is 23.7 Å². The van der Waals surface area contributed by atoms with E-state index in [-0.39, 0.29) is 17.4 Å². The van der Waals surface area contributed by atoms with Crippen LogP contribution in [0.5, 0.6) is 5.88 Å². The maximum atomic E-state index is 11.4. The van der Waals surface area contributed by atoms with Crippen LogP contribution < -0.4 is 9.88 Å². The molecule has 154 valence electrons. The number of primary sulfonamides is 1. The Bertz CT molecular complexity index is 1280. The van der Waals surface area contributed by atoms with Gasteiger partial charge in [-0.3, -0.25) is 4.68 Å². The molecule has 0 amide bonds. The number of hydrogen-bond donors (Lipinski definition) is 1. The maximum Gasteiger partial charge on any atom is 0.261 e. The van der Waals surface area contributed by atoms with E-state index in [1.54, 1.807) is 42.2 Å². The molecule has 0 aliphatic rings. The predicted molar refractivity (Wildman–Crippen MR) is 107 cm³/mol. The van der Waals surface area contributed by atoms with Crippen LogP contribution in [0.3, 0.4) is 0 Å². The smallest absolute Gasteiger partial charge is 0.261 e. The first-order valence-corrected chi connectivity index (χ1v) is 10.5. The van der Waals surface area contributed by atoms with E-state index >= 15 is 0 Å². The van der Waals surface area contributed by atoms with Crippen molar-refractivity contribution in [1.29, 1.82) is 0 Å². The summed E-state index contributed by atoms with van der Waals surface area (Å²) in [6, 6.07) is 9.20. The van der Waals surface area contributed by atoms with Gasteiger partial charge in [0, 0.05) is 24.9 Å². The van der Waals surface area contributed by atoms with Gasteiger partial charge in [-0.1, -0.05) is 16.8 Å². The van der Waals surface area contributed by atoms with Crippen LogP contribution in [0.1, 0.15) is 5.69 Å². The lowest BCUT2D eigenvalue weighted by molar-refractivity contribution is 0.283. The third-order valence-corrected chi connectivity index (χ3v) is 5.37. The molecule has 0 radical (unpaired) electrons. The number of nitrogens with zero attached hydrogens (tertiary/aromatic N) is 5. The van der Waals surface area contributed by atoms with Gasteiger partial charge >= 0.3 is 0 Å². The summed E-state index contributed by atoms with van der Waals surface area (Å²) < 4.78 is 35.5. The standard InChI is InChI=1S/C18H15ClN6O4S/c1-25-15(10-28-16-7-4-12(19)8-21-16)14(9-22-25)18-23-17(24-29-18)11-2-5-13(6-3-11)30(20,26)27/h2-9H,10H2,1H3,(H2,20,26,27). The molecule has 0 spiro atoms. The number of hydrogen-bond acceptors (Lipinski definition) is 8. The molecule has 30 heavy (non-hydrogen) atoms. The summed E-state index contributed by atoms with van der Waals surface area (Å²) in [6.45, 7) is 0.168. The first-order valence-electron chi connectivity index (χ1n) is 8.54. The van der Waals surface area contributed by atoms with E-state index in [4.69, 9.17) is 26.0 Å². The topological polar surface area (TPSA) is 139 Å². The van der Waals surface area contributed by atoms with Gasteiger partial charge < -0.3 is 9.26 Å². The zero-order valence-electron chi connectivity index (χ0n) is 15.6. The molecule has 10 nitrogen and oxygen atoms in total. The maximum absolute atomic E-state index is 11.4. The Balaban J connectivity index is 1.57. The normalized spacial score (nSPS) is 11.6. The van der Waals surface area contributed by atoms with E-state index < -0.39 is 10.0 Å². The first kappa shape index (κ1) is 20.0. The van der Waals surface area contributed by atoms with Crippen LogP contribution in [0.4, 0.5) is 0 Å². The summed E-state index contributed by atoms with van der Waals surface area (Å²) in [5.74, 6) is 0.949. The van der Waals surface area contributed by atoms with Gasteiger partial charge in [0.1, 0.15) is 6.61 Å². The summed E-state index contributed by atoms with van der Waals surface area (Å²) in [5, 5.41) is 13.8. The quantitative estimate of drug-likeness (QED) is 0.476. The Morgan fingerprint density at radius 2 is 1.93 bits per heavy atom. The average Bonchev–Trinajstić information content (AvgIpc) is 3.34. The van der Waals surface area contributed by atoms with Crippen LogP contribution in [0.25, 0.3) is 22.8 Å². The van der Waals surface area contributed by atoms with Crippen LogP contribution in [0, 0.1) is 0 Å². The molecular formula is C18H15ClN6O4S. The molecule has 12 heteroatoms. The number of rotatable bonds is 6. The number of ether oxygens (including phenoxy) is 1. The number of sulfonamides is 1. The van der Waals surface area contributed by atoms with Crippen molar-refractivity contribution >= 4 is 21.6 Å². The van der Waals surface area contributed by atoms with Crippen LogP contribution in [-0.4, -0.2) is 33.3 Å². The summed E-state index contributed by atoms with van der Waals surface area (Å²) in [5.41, 5.74) is 1.88. The second-order valence-corrected chi connectivity index (χ2v) is 8.22. The molecule has 0 atom stereocenters. The molecule has 0 saturated carbocycles. The molecule has 3 aromatic heterocycles. The van der Waals surface area contributed by atoms with Gasteiger partial charge in [0.2, 0.25) is 21.7 Å². The minimum Gasteiger partial charge on any atom is -0.471 e. The van der Waals surface area contributed by atoms with Gasteiger partial charge in [-0.15, -0.1) is 0 Å². The Morgan fingerprint density at radius 1 is 1.17 bits per heavy atom. The minimum absolute atomic E-state index is 0.00234. The third-order valence-electron chi connectivity index (χ3n) is 4.22. The minimum atomic E-state index is -3.78. The summed E-state index contributed by atoms with van der Waals surface area (Å²) >= 11 is 5.83. The molecular weight excluding hydrogens is 432 g/mol. The number of pyridine rings is 1. The Kier molecular flexibility index (Phi) is 5.24. The van der Waals surface area contributed by atoms with E-state index in [1.165, 1.54) is 18.3 Å². The molecule has 4 rings (SSSR count). The summed E-state index contributed by atoms with van der Waals surface area (Å²) in [6.07, 6.45) is 3.09. The number of halogens is 1. The molecule has 2 N–H and O–H groups in total. The lowest BCUT2D eigenvalue weighted by Crippen LogP contribution is -2.11. The Labute approximate surface area is 176 Å². The molecule has 0 bridgehead atoms. The van der Waals surface area contributed by atoms with Crippen LogP contribution in [0.15, 0.2) is 58.2 Å². The van der Waals surface area contributed by atoms with Crippen LogP contribution in [0.2, 0.25) is 5.02 Å². The number of benzene rings is 1. The van der Waals surface area contributed by atoms with Gasteiger partial charge in [-0.2, -0.15) is 10.1 Å². The van der Waals surface area contributed by atoms with Gasteiger partial charge in [0.15, 0.2) is 0 Å². The molecule has 4 aromatic rings. The monoisotopic (exact) mass is 446 g/mol. The van der Waals surface area contributed by atoms with Crippen LogP contribution >= 0.6 is 11.6 Å². The highest BCUT2D eigenvalue weighted by atomic mass is 35.5. The van der Waals surface area contributed by atoms with Gasteiger partial charge in [0.25, 0.3) is 5.89 Å². The van der Waals surface area contributed by atoms with Crippen molar-refractivity contribution in [2.24, 2.45) is 12.2 Å². The van der Waals surface area contributed by atoms with E-state index in [0.717, 1.165) is 0 Å². The van der Waals surface area contributed by atoms with Gasteiger partial charge in [-0.25, -0.2) is 18.5 Å². The molecule has 0 saturated heterocycles. The highest BCUT2D eigenvalue weighted by Gasteiger charge is 2.19. The van der Waals surface area contributed by atoms with Crippen molar-refractivity contribution in [2.75, 3.05) is 0 Å². The number of aromatic nitrogens is 5. The second kappa shape index (κ2) is 7.86. The summed E-state index contributed by atoms with van der Waals surface area (Å²) in [4.78, 5) is 8.47. The number of nitrogens with two attached hydrogens (primary N) is 1. The van der Waals surface area contributed by atoms with E-state index in [0.29, 0.717) is 33.5 Å². The van der Waals surface area contributed by atoms with E-state index in [1.807, 2.05) is 0 Å². The molecule has 0 aliphatic heterocycles. The fourth-order valence-corrected chi connectivity index (χ4v) is 3.27. The predicted octanol–water partition coefficient (Wildman–Crippen LogP) is 2.41. The van der Waals surface area contributed by atoms with Gasteiger partial charge in [0.05, 0.1) is 27.4 Å². The molecule has 0 aliphatic carbocycles. The van der Waals surface area contributed by atoms with Crippen molar-refractivity contribution in [1.82, 2.24) is 24.9 Å². The van der Waals surface area contributed by atoms with Gasteiger partial charge in [-0.05, 0) is 30.3 Å². The molecule has 1 aromatic carbocycles. The molecule has 0 unspecified atom stereocenters. The summed E-state index contributed by atoms with van der Waals surface area (Å²) in [7, 11) is -2.01. The zero-order chi connectivity index (χ0) is 21.3. The fraction of sp³-hybridized carbons (Fsp3) is 0.111. The highest BCUT2D eigenvalue weighted by molar-refractivity contribution is 7.89. The molecule has 0 fully saturated rings. The fourth-order valence-electron chi connectivity index (χ4n) is 2.65. The largest absolute Gasteiger partial charge is 0.471 e.